The van der Waals surface area contributed by atoms with E-state index in [9.17, 15) is 4.79 Å². The Bertz CT molecular complexity index is 1060. The fourth-order valence-electron chi connectivity index (χ4n) is 2.49. The summed E-state index contributed by atoms with van der Waals surface area (Å²) in [7, 11) is 0. The smallest absolute Gasteiger partial charge is 0.293 e. The van der Waals surface area contributed by atoms with Gasteiger partial charge in [0, 0.05) is 10.6 Å². The molecule has 28 heavy (non-hydrogen) atoms. The molecule has 0 radical (unpaired) electrons. The van der Waals surface area contributed by atoms with Crippen LogP contribution in [0.5, 0.6) is 0 Å². The Kier molecular flexibility index (Phi) is 5.61. The van der Waals surface area contributed by atoms with E-state index in [2.05, 4.69) is 35.8 Å². The summed E-state index contributed by atoms with van der Waals surface area (Å²) in [5.41, 5.74) is 9.87. The summed E-state index contributed by atoms with van der Waals surface area (Å²) >= 11 is 12.1. The number of benzene rings is 1. The van der Waals surface area contributed by atoms with Crippen molar-refractivity contribution in [2.75, 3.05) is 5.73 Å². The Balaban J connectivity index is 1.89. The van der Waals surface area contributed by atoms with Gasteiger partial charge in [-0.25, -0.2) is 10.1 Å². The molecule has 0 saturated carbocycles. The third kappa shape index (κ3) is 3.82. The van der Waals surface area contributed by atoms with E-state index >= 15 is 0 Å². The standard InChI is InChI=1S/C16H16Cl2N8O2/c1-7(2)13-12(21-25-26(13)15-14(19)23-28-24-15)16(27)22-20-8(3)10-5-4-9(17)6-11(10)18/h4-7H,1-3H3,(H2,19,23)(H,22,27)/b20-8-. The molecule has 0 fully saturated rings. The monoisotopic (exact) mass is 422 g/mol. The molecule has 0 saturated heterocycles. The quantitative estimate of drug-likeness (QED) is 0.475. The van der Waals surface area contributed by atoms with Crippen molar-refractivity contribution in [1.82, 2.24) is 30.7 Å². The molecule has 146 valence electrons. The lowest BCUT2D eigenvalue weighted by Gasteiger charge is -2.08. The number of halogens is 2. The average Bonchev–Trinajstić information content (AvgIpc) is 3.25. The van der Waals surface area contributed by atoms with Crippen molar-refractivity contribution >= 4 is 40.6 Å². The van der Waals surface area contributed by atoms with Gasteiger partial charge in [-0.3, -0.25) is 4.79 Å². The number of hydrogen-bond donors (Lipinski definition) is 2. The summed E-state index contributed by atoms with van der Waals surface area (Å²) in [6, 6.07) is 4.99. The van der Waals surface area contributed by atoms with Gasteiger partial charge in [-0.05, 0) is 35.3 Å². The third-order valence-corrected chi connectivity index (χ3v) is 4.36. The molecule has 10 nitrogen and oxygen atoms in total. The second-order valence-corrected chi connectivity index (χ2v) is 6.97. The van der Waals surface area contributed by atoms with Gasteiger partial charge in [0.15, 0.2) is 5.69 Å². The van der Waals surface area contributed by atoms with Gasteiger partial charge in [0.05, 0.1) is 16.4 Å². The van der Waals surface area contributed by atoms with Crippen molar-refractivity contribution in [3.63, 3.8) is 0 Å². The molecule has 2 aromatic heterocycles. The van der Waals surface area contributed by atoms with Crippen LogP contribution in [0, 0.1) is 0 Å². The molecule has 0 aliphatic rings. The number of aromatic nitrogens is 5. The summed E-state index contributed by atoms with van der Waals surface area (Å²) < 4.78 is 5.91. The van der Waals surface area contributed by atoms with Crippen LogP contribution in [-0.2, 0) is 0 Å². The van der Waals surface area contributed by atoms with Crippen molar-refractivity contribution in [2.24, 2.45) is 5.10 Å². The van der Waals surface area contributed by atoms with Gasteiger partial charge < -0.3 is 5.73 Å². The van der Waals surface area contributed by atoms with Crippen LogP contribution in [0.1, 0.15) is 48.4 Å². The minimum Gasteiger partial charge on any atom is -0.378 e. The van der Waals surface area contributed by atoms with E-state index in [1.54, 1.807) is 25.1 Å². The van der Waals surface area contributed by atoms with E-state index in [0.717, 1.165) is 0 Å². The zero-order valence-corrected chi connectivity index (χ0v) is 16.7. The molecule has 12 heteroatoms. The van der Waals surface area contributed by atoms with Crippen molar-refractivity contribution in [1.29, 1.82) is 0 Å². The van der Waals surface area contributed by atoms with E-state index in [1.165, 1.54) is 4.68 Å². The number of anilines is 1. The highest BCUT2D eigenvalue weighted by atomic mass is 35.5. The predicted octanol–water partition coefficient (Wildman–Crippen LogP) is 2.82. The van der Waals surface area contributed by atoms with Gasteiger partial charge >= 0.3 is 0 Å². The number of nitrogens with two attached hydrogens (primary N) is 1. The van der Waals surface area contributed by atoms with E-state index < -0.39 is 5.91 Å². The molecule has 3 N–H and O–H groups in total. The number of nitrogens with one attached hydrogen (secondary N) is 1. The minimum atomic E-state index is -0.547. The van der Waals surface area contributed by atoms with Crippen LogP contribution in [0.3, 0.4) is 0 Å². The molecule has 0 unspecified atom stereocenters. The molecule has 0 atom stereocenters. The van der Waals surface area contributed by atoms with Crippen LogP contribution >= 0.6 is 23.2 Å². The van der Waals surface area contributed by atoms with E-state index in [4.69, 9.17) is 28.9 Å². The summed E-state index contributed by atoms with van der Waals surface area (Å²) in [6.07, 6.45) is 0. The highest BCUT2D eigenvalue weighted by molar-refractivity contribution is 6.37. The SMILES string of the molecule is C/C(=N/NC(=O)c1nnn(-c2nonc2N)c1C(C)C)c1ccc(Cl)cc1Cl. The van der Waals surface area contributed by atoms with Crippen LogP contribution in [0.2, 0.25) is 10.0 Å². The van der Waals surface area contributed by atoms with E-state index in [-0.39, 0.29) is 23.2 Å². The Morgan fingerprint density at radius 1 is 1.32 bits per heavy atom. The highest BCUT2D eigenvalue weighted by Gasteiger charge is 2.25. The topological polar surface area (TPSA) is 137 Å². The first-order valence-electron chi connectivity index (χ1n) is 8.13. The molecule has 0 aliphatic carbocycles. The van der Waals surface area contributed by atoms with Crippen LogP contribution in [0.15, 0.2) is 27.9 Å². The molecule has 1 amide bonds. The molecule has 2 heterocycles. The fourth-order valence-corrected chi connectivity index (χ4v) is 3.04. The third-order valence-electron chi connectivity index (χ3n) is 3.81. The summed E-state index contributed by atoms with van der Waals surface area (Å²) in [5, 5.41) is 20.1. The minimum absolute atomic E-state index is 0.0324. The summed E-state index contributed by atoms with van der Waals surface area (Å²) in [6.45, 7) is 5.45. The first-order valence-corrected chi connectivity index (χ1v) is 8.89. The number of hydrazone groups is 1. The van der Waals surface area contributed by atoms with Crippen LogP contribution in [-0.4, -0.2) is 36.9 Å². The van der Waals surface area contributed by atoms with E-state index in [0.29, 0.717) is 27.0 Å². The molecular formula is C16H16Cl2N8O2. The Morgan fingerprint density at radius 2 is 2.07 bits per heavy atom. The van der Waals surface area contributed by atoms with Crippen LogP contribution in [0.25, 0.3) is 5.82 Å². The van der Waals surface area contributed by atoms with Gasteiger partial charge in [0.25, 0.3) is 5.91 Å². The number of amides is 1. The summed E-state index contributed by atoms with van der Waals surface area (Å²) in [4.78, 5) is 12.6. The molecule has 0 aliphatic heterocycles. The molecule has 0 bridgehead atoms. The van der Waals surface area contributed by atoms with Crippen molar-refractivity contribution in [3.05, 3.63) is 45.2 Å². The highest BCUT2D eigenvalue weighted by Crippen LogP contribution is 2.23. The maximum Gasteiger partial charge on any atom is 0.293 e. The van der Waals surface area contributed by atoms with Gasteiger partial charge in [0.1, 0.15) is 0 Å². The lowest BCUT2D eigenvalue weighted by molar-refractivity contribution is 0.0948. The molecule has 3 aromatic rings. The Hall–Kier alpha value is -2.98. The zero-order valence-electron chi connectivity index (χ0n) is 15.1. The maximum atomic E-state index is 12.6. The molecule has 1 aromatic carbocycles. The lowest BCUT2D eigenvalue weighted by atomic mass is 10.1. The zero-order chi connectivity index (χ0) is 20.4. The van der Waals surface area contributed by atoms with Crippen LogP contribution in [0.4, 0.5) is 5.82 Å². The van der Waals surface area contributed by atoms with Gasteiger partial charge in [-0.1, -0.05) is 48.3 Å². The van der Waals surface area contributed by atoms with Gasteiger partial charge in [-0.15, -0.1) is 5.10 Å². The number of nitrogen functional groups attached to an aromatic ring is 1. The second kappa shape index (κ2) is 7.95. The maximum absolute atomic E-state index is 12.6. The first-order chi connectivity index (χ1) is 13.3. The van der Waals surface area contributed by atoms with E-state index in [1.807, 2.05) is 13.8 Å². The van der Waals surface area contributed by atoms with Gasteiger partial charge in [0.2, 0.25) is 11.6 Å². The molecule has 3 rings (SSSR count). The molecule has 0 spiro atoms. The average molecular weight is 423 g/mol. The lowest BCUT2D eigenvalue weighted by Crippen LogP contribution is -2.22. The number of carbonyl (C=O) groups excluding carboxylic acids is 1. The fraction of sp³-hybridized carbons (Fsp3) is 0.250. The van der Waals surface area contributed by atoms with Crippen molar-refractivity contribution in [2.45, 2.75) is 26.7 Å². The Labute approximate surface area is 169 Å². The molecular weight excluding hydrogens is 407 g/mol. The number of hydrogen-bond acceptors (Lipinski definition) is 8. The summed E-state index contributed by atoms with van der Waals surface area (Å²) in [5.74, 6) is -0.482. The Morgan fingerprint density at radius 3 is 2.68 bits per heavy atom. The normalized spacial score (nSPS) is 11.9. The second-order valence-electron chi connectivity index (χ2n) is 6.13. The van der Waals surface area contributed by atoms with Crippen molar-refractivity contribution < 1.29 is 9.42 Å². The predicted molar refractivity (Wildman–Crippen MR) is 104 cm³/mol. The first kappa shape index (κ1) is 19.8. The number of carbonyl (C=O) groups is 1. The van der Waals surface area contributed by atoms with Crippen molar-refractivity contribution in [3.8, 4) is 5.82 Å². The van der Waals surface area contributed by atoms with Gasteiger partial charge in [-0.2, -0.15) is 9.78 Å². The number of rotatable bonds is 5. The largest absolute Gasteiger partial charge is 0.378 e. The van der Waals surface area contributed by atoms with Crippen LogP contribution < -0.4 is 11.2 Å². The number of nitrogens with zero attached hydrogens (tertiary/aromatic N) is 6.